The lowest BCUT2D eigenvalue weighted by Gasteiger charge is -2.08. The summed E-state index contributed by atoms with van der Waals surface area (Å²) in [4.78, 5) is 0. The van der Waals surface area contributed by atoms with Gasteiger partial charge in [0.05, 0.1) is 0 Å². The van der Waals surface area contributed by atoms with Crippen LogP contribution in [0.2, 0.25) is 0 Å². The topological polar surface area (TPSA) is 0 Å². The molecule has 0 aromatic heterocycles. The molecule has 0 amide bonds. The number of hydrogen-bond acceptors (Lipinski definition) is 0. The Balaban J connectivity index is 2.38. The zero-order valence-electron chi connectivity index (χ0n) is 11.1. The summed E-state index contributed by atoms with van der Waals surface area (Å²) in [5.74, 6) is -9.55. The van der Waals surface area contributed by atoms with Gasteiger partial charge in [0.2, 0.25) is 5.82 Å². The lowest BCUT2D eigenvalue weighted by Crippen LogP contribution is -2.07. The van der Waals surface area contributed by atoms with Crippen LogP contribution in [0.25, 0.3) is 6.08 Å². The van der Waals surface area contributed by atoms with Crippen molar-refractivity contribution in [3.8, 4) is 0 Å². The summed E-state index contributed by atoms with van der Waals surface area (Å²) in [6.45, 7) is 1.56. The van der Waals surface area contributed by atoms with Gasteiger partial charge in [0.15, 0.2) is 23.3 Å². The third-order valence-electron chi connectivity index (χ3n) is 2.97. The second kappa shape index (κ2) is 6.08. The Hall–Kier alpha value is -2.17. The minimum absolute atomic E-state index is 0.360. The van der Waals surface area contributed by atoms with Crippen LogP contribution >= 0.6 is 0 Å². The monoisotopic (exact) mass is 298 g/mol. The number of halogens is 5. The van der Waals surface area contributed by atoms with Gasteiger partial charge in [-0.15, -0.1) is 0 Å². The number of benzene rings is 2. The third-order valence-corrected chi connectivity index (χ3v) is 2.97. The Morgan fingerprint density at radius 3 is 1.81 bits per heavy atom. The molecule has 0 aliphatic rings. The highest BCUT2D eigenvalue weighted by Gasteiger charge is 2.25. The largest absolute Gasteiger partial charge is 0.203 e. The van der Waals surface area contributed by atoms with E-state index < -0.39 is 34.6 Å². The van der Waals surface area contributed by atoms with Crippen LogP contribution in [0.1, 0.15) is 18.1 Å². The van der Waals surface area contributed by atoms with Crippen LogP contribution in [0.15, 0.2) is 35.9 Å². The van der Waals surface area contributed by atoms with Gasteiger partial charge in [0.25, 0.3) is 0 Å². The average Bonchev–Trinajstić information content (AvgIpc) is 2.48. The van der Waals surface area contributed by atoms with E-state index >= 15 is 0 Å². The molecule has 0 aliphatic heterocycles. The van der Waals surface area contributed by atoms with Gasteiger partial charge in [0.1, 0.15) is 0 Å². The van der Waals surface area contributed by atoms with Crippen LogP contribution in [0.5, 0.6) is 0 Å². The molecule has 0 saturated carbocycles. The van der Waals surface area contributed by atoms with Gasteiger partial charge < -0.3 is 0 Å². The fourth-order valence-corrected chi connectivity index (χ4v) is 1.97. The minimum Gasteiger partial charge on any atom is -0.203 e. The highest BCUT2D eigenvalue weighted by atomic mass is 19.2. The van der Waals surface area contributed by atoms with E-state index in [4.69, 9.17) is 0 Å². The van der Waals surface area contributed by atoms with Crippen molar-refractivity contribution in [1.29, 1.82) is 0 Å². The van der Waals surface area contributed by atoms with Crippen molar-refractivity contribution in [1.82, 2.24) is 0 Å². The molecule has 0 N–H and O–H groups in total. The lowest BCUT2D eigenvalue weighted by atomic mass is 10.0. The van der Waals surface area contributed by atoms with Gasteiger partial charge in [0, 0.05) is 5.56 Å². The molecule has 110 valence electrons. The summed E-state index contributed by atoms with van der Waals surface area (Å²) in [6.07, 6.45) is 1.26. The first kappa shape index (κ1) is 15.2. The van der Waals surface area contributed by atoms with Crippen LogP contribution in [-0.4, -0.2) is 0 Å². The molecule has 0 aliphatic carbocycles. The molecule has 0 nitrogen and oxygen atoms in total. The zero-order valence-corrected chi connectivity index (χ0v) is 11.1. The highest BCUT2D eigenvalue weighted by Crippen LogP contribution is 2.25. The standard InChI is InChI=1S/C16H11F5/c1-9(7-10-5-3-2-4-6-10)8-11-12(17)14(19)16(21)15(20)13(11)18/h2-7H,8H2,1H3/b9-7+. The summed E-state index contributed by atoms with van der Waals surface area (Å²) in [5.41, 5.74) is 0.430. The Kier molecular flexibility index (Phi) is 4.40. The maximum Gasteiger partial charge on any atom is 0.200 e. The fraction of sp³-hybridized carbons (Fsp3) is 0.125. The van der Waals surface area contributed by atoms with Crippen molar-refractivity contribution in [2.75, 3.05) is 0 Å². The van der Waals surface area contributed by atoms with Crippen LogP contribution in [-0.2, 0) is 6.42 Å². The average molecular weight is 298 g/mol. The van der Waals surface area contributed by atoms with Gasteiger partial charge in [-0.2, -0.15) is 0 Å². The Labute approximate surface area is 118 Å². The fourth-order valence-electron chi connectivity index (χ4n) is 1.97. The summed E-state index contributed by atoms with van der Waals surface area (Å²) in [6, 6.07) is 8.88. The molecule has 2 aromatic carbocycles. The normalized spacial score (nSPS) is 11.8. The zero-order chi connectivity index (χ0) is 15.6. The molecule has 0 spiro atoms. The molecule has 2 rings (SSSR count). The van der Waals surface area contributed by atoms with E-state index in [1.165, 1.54) is 0 Å². The number of hydrogen-bond donors (Lipinski definition) is 0. The highest BCUT2D eigenvalue weighted by molar-refractivity contribution is 5.53. The summed E-state index contributed by atoms with van der Waals surface area (Å²) < 4.78 is 66.2. The molecule has 21 heavy (non-hydrogen) atoms. The molecule has 2 aromatic rings. The quantitative estimate of drug-likeness (QED) is 0.423. The predicted molar refractivity (Wildman–Crippen MR) is 70.0 cm³/mol. The Morgan fingerprint density at radius 2 is 1.29 bits per heavy atom. The first-order valence-electron chi connectivity index (χ1n) is 6.14. The van der Waals surface area contributed by atoms with Crippen molar-refractivity contribution in [3.05, 3.63) is 76.1 Å². The summed E-state index contributed by atoms with van der Waals surface area (Å²) in [5, 5.41) is 0. The smallest absolute Gasteiger partial charge is 0.200 e. The molecular formula is C16H11F5. The summed E-state index contributed by atoms with van der Waals surface area (Å²) >= 11 is 0. The molecule has 0 atom stereocenters. The number of rotatable bonds is 3. The molecule has 0 radical (unpaired) electrons. The molecule has 0 heterocycles. The lowest BCUT2D eigenvalue weighted by molar-refractivity contribution is 0.371. The Morgan fingerprint density at radius 1 is 0.810 bits per heavy atom. The van der Waals surface area contributed by atoms with E-state index in [-0.39, 0.29) is 6.42 Å². The van der Waals surface area contributed by atoms with Crippen LogP contribution < -0.4 is 0 Å². The summed E-state index contributed by atoms with van der Waals surface area (Å²) in [7, 11) is 0. The Bertz CT molecular complexity index is 661. The van der Waals surface area contributed by atoms with Crippen LogP contribution in [0, 0.1) is 29.1 Å². The molecule has 5 heteroatoms. The van der Waals surface area contributed by atoms with Crippen molar-refractivity contribution in [3.63, 3.8) is 0 Å². The van der Waals surface area contributed by atoms with E-state index in [9.17, 15) is 22.0 Å². The van der Waals surface area contributed by atoms with Crippen molar-refractivity contribution >= 4 is 6.08 Å². The molecule has 0 saturated heterocycles. The molecule has 0 fully saturated rings. The number of allylic oxidation sites excluding steroid dienone is 1. The van der Waals surface area contributed by atoms with Gasteiger partial charge in [-0.3, -0.25) is 0 Å². The molecule has 0 bridgehead atoms. The van der Waals surface area contributed by atoms with E-state index in [1.54, 1.807) is 43.3 Å². The SMILES string of the molecule is C/C(=C\c1ccccc1)Cc1c(F)c(F)c(F)c(F)c1F. The van der Waals surface area contributed by atoms with Gasteiger partial charge in [-0.25, -0.2) is 22.0 Å². The molecular weight excluding hydrogens is 287 g/mol. The van der Waals surface area contributed by atoms with E-state index in [2.05, 4.69) is 0 Å². The van der Waals surface area contributed by atoms with Gasteiger partial charge in [-0.1, -0.05) is 42.0 Å². The molecule has 0 unspecified atom stereocenters. The minimum atomic E-state index is -2.14. The van der Waals surface area contributed by atoms with Crippen molar-refractivity contribution in [2.45, 2.75) is 13.3 Å². The first-order chi connectivity index (χ1) is 9.91. The van der Waals surface area contributed by atoms with E-state index in [0.717, 1.165) is 5.56 Å². The maximum absolute atomic E-state index is 13.6. The van der Waals surface area contributed by atoms with Gasteiger partial charge in [-0.05, 0) is 18.9 Å². The van der Waals surface area contributed by atoms with Crippen LogP contribution in [0.4, 0.5) is 22.0 Å². The van der Waals surface area contributed by atoms with E-state index in [0.29, 0.717) is 5.57 Å². The maximum atomic E-state index is 13.6. The van der Waals surface area contributed by atoms with E-state index in [1.807, 2.05) is 0 Å². The second-order valence-corrected chi connectivity index (χ2v) is 4.63. The van der Waals surface area contributed by atoms with Crippen molar-refractivity contribution in [2.24, 2.45) is 0 Å². The van der Waals surface area contributed by atoms with Gasteiger partial charge >= 0.3 is 0 Å². The third kappa shape index (κ3) is 3.12. The van der Waals surface area contributed by atoms with Crippen molar-refractivity contribution < 1.29 is 22.0 Å². The first-order valence-corrected chi connectivity index (χ1v) is 6.14. The predicted octanol–water partition coefficient (Wildman–Crippen LogP) is 5.03. The second-order valence-electron chi connectivity index (χ2n) is 4.63. The van der Waals surface area contributed by atoms with Crippen LogP contribution in [0.3, 0.4) is 0 Å².